The zero-order chi connectivity index (χ0) is 16.9. The fourth-order valence-corrected chi connectivity index (χ4v) is 3.89. The van der Waals surface area contributed by atoms with Crippen molar-refractivity contribution in [2.45, 2.75) is 24.4 Å². The number of benzene rings is 1. The number of methoxy groups -OCH3 is 1. The zero-order valence-corrected chi connectivity index (χ0v) is 15.2. The van der Waals surface area contributed by atoms with Crippen LogP contribution < -0.4 is 4.74 Å². The van der Waals surface area contributed by atoms with Crippen LogP contribution in [-0.4, -0.2) is 26.9 Å². The predicted octanol–water partition coefficient (Wildman–Crippen LogP) is 4.20. The molecule has 0 atom stereocenters. The Labute approximate surface area is 149 Å². The second-order valence-electron chi connectivity index (χ2n) is 5.05. The van der Waals surface area contributed by atoms with Crippen LogP contribution in [0.1, 0.15) is 10.7 Å². The first-order valence-electron chi connectivity index (χ1n) is 7.44. The van der Waals surface area contributed by atoms with Crippen molar-refractivity contribution in [3.8, 4) is 17.1 Å². The van der Waals surface area contributed by atoms with Gasteiger partial charge in [0.2, 0.25) is 0 Å². The highest BCUT2D eigenvalue weighted by Crippen LogP contribution is 2.31. The van der Waals surface area contributed by atoms with Crippen molar-refractivity contribution in [2.24, 2.45) is 0 Å². The number of rotatable bonds is 7. The number of thiazole rings is 1. The highest BCUT2D eigenvalue weighted by molar-refractivity contribution is 7.98. The maximum Gasteiger partial charge on any atom is 0.192 e. The van der Waals surface area contributed by atoms with Crippen molar-refractivity contribution in [1.82, 2.24) is 19.7 Å². The normalized spacial score (nSPS) is 10.8. The Morgan fingerprint density at radius 3 is 2.88 bits per heavy atom. The Bertz CT molecular complexity index is 841. The molecule has 24 heavy (non-hydrogen) atoms. The van der Waals surface area contributed by atoms with E-state index in [4.69, 9.17) is 4.74 Å². The van der Waals surface area contributed by atoms with E-state index in [1.807, 2.05) is 37.3 Å². The average Bonchev–Trinajstić information content (AvgIpc) is 3.19. The van der Waals surface area contributed by atoms with Crippen LogP contribution in [-0.2, 0) is 12.3 Å². The number of ether oxygens (including phenoxy) is 1. The van der Waals surface area contributed by atoms with E-state index in [0.29, 0.717) is 6.54 Å². The van der Waals surface area contributed by atoms with Crippen molar-refractivity contribution in [3.63, 3.8) is 0 Å². The molecule has 3 rings (SSSR count). The largest absolute Gasteiger partial charge is 0.496 e. The maximum atomic E-state index is 5.45. The molecular weight excluding hydrogens is 340 g/mol. The van der Waals surface area contributed by atoms with Gasteiger partial charge in [0, 0.05) is 17.7 Å². The Kier molecular flexibility index (Phi) is 5.32. The van der Waals surface area contributed by atoms with Gasteiger partial charge in [-0.05, 0) is 19.1 Å². The standard InChI is InChI=1S/C17H18N4OS2/c1-4-9-21-16(14-7-5-6-8-15(14)22-3)19-20-17(21)24-11-13-10-23-12(2)18-13/h4-8,10H,1,9,11H2,2-3H3. The van der Waals surface area contributed by atoms with Gasteiger partial charge in [0.25, 0.3) is 0 Å². The summed E-state index contributed by atoms with van der Waals surface area (Å²) in [7, 11) is 1.66. The van der Waals surface area contributed by atoms with Crippen LogP contribution in [0.25, 0.3) is 11.4 Å². The first-order valence-corrected chi connectivity index (χ1v) is 9.30. The highest BCUT2D eigenvalue weighted by atomic mass is 32.2. The minimum atomic E-state index is 0.638. The molecule has 0 aliphatic carbocycles. The molecule has 0 amide bonds. The smallest absolute Gasteiger partial charge is 0.192 e. The van der Waals surface area contributed by atoms with Crippen LogP contribution >= 0.6 is 23.1 Å². The summed E-state index contributed by atoms with van der Waals surface area (Å²) in [5, 5.41) is 12.7. The Hall–Kier alpha value is -2.12. The molecule has 124 valence electrons. The third kappa shape index (κ3) is 3.52. The molecule has 2 heterocycles. The molecule has 0 aliphatic rings. The Morgan fingerprint density at radius 1 is 1.33 bits per heavy atom. The average molecular weight is 358 g/mol. The minimum Gasteiger partial charge on any atom is -0.496 e. The van der Waals surface area contributed by atoms with Crippen molar-refractivity contribution in [1.29, 1.82) is 0 Å². The van der Waals surface area contributed by atoms with Gasteiger partial charge < -0.3 is 4.74 Å². The van der Waals surface area contributed by atoms with Gasteiger partial charge in [-0.3, -0.25) is 4.57 Å². The van der Waals surface area contributed by atoms with Gasteiger partial charge in [0.15, 0.2) is 11.0 Å². The molecule has 0 unspecified atom stereocenters. The van der Waals surface area contributed by atoms with Crippen molar-refractivity contribution < 1.29 is 4.74 Å². The minimum absolute atomic E-state index is 0.638. The molecule has 0 saturated carbocycles. The van der Waals surface area contributed by atoms with Crippen molar-refractivity contribution >= 4 is 23.1 Å². The molecule has 0 bridgehead atoms. The second kappa shape index (κ2) is 7.63. The van der Waals surface area contributed by atoms with Crippen molar-refractivity contribution in [3.05, 3.63) is 53.0 Å². The SMILES string of the molecule is C=CCn1c(SCc2csc(C)n2)nnc1-c1ccccc1OC. The summed E-state index contributed by atoms with van der Waals surface area (Å²) in [4.78, 5) is 4.49. The number of hydrogen-bond donors (Lipinski definition) is 0. The molecule has 0 spiro atoms. The van der Waals surface area contributed by atoms with E-state index < -0.39 is 0 Å². The van der Waals surface area contributed by atoms with Gasteiger partial charge >= 0.3 is 0 Å². The molecule has 0 fully saturated rings. The third-order valence-electron chi connectivity index (χ3n) is 3.39. The number of nitrogens with zero attached hydrogens (tertiary/aromatic N) is 4. The molecule has 5 nitrogen and oxygen atoms in total. The third-order valence-corrected chi connectivity index (χ3v) is 5.21. The van der Waals surface area contributed by atoms with E-state index in [1.165, 1.54) is 0 Å². The molecule has 3 aromatic rings. The lowest BCUT2D eigenvalue weighted by molar-refractivity contribution is 0.416. The van der Waals surface area contributed by atoms with Crippen LogP contribution in [0.5, 0.6) is 5.75 Å². The van der Waals surface area contributed by atoms with Crippen LogP contribution in [0, 0.1) is 6.92 Å². The predicted molar refractivity (Wildman–Crippen MR) is 98.6 cm³/mol. The number of aryl methyl sites for hydroxylation is 1. The molecule has 0 radical (unpaired) electrons. The molecule has 1 aromatic carbocycles. The van der Waals surface area contributed by atoms with E-state index in [0.717, 1.165) is 38.7 Å². The van der Waals surface area contributed by atoms with Crippen LogP contribution in [0.15, 0.2) is 47.5 Å². The molecule has 0 N–H and O–H groups in total. The summed E-state index contributed by atoms with van der Waals surface area (Å²) in [6, 6.07) is 7.82. The number of hydrogen-bond acceptors (Lipinski definition) is 6. The van der Waals surface area contributed by atoms with Gasteiger partial charge in [0.1, 0.15) is 5.75 Å². The lowest BCUT2D eigenvalue weighted by atomic mass is 10.2. The summed E-state index contributed by atoms with van der Waals surface area (Å²) in [5.41, 5.74) is 1.99. The molecule has 7 heteroatoms. The van der Waals surface area contributed by atoms with E-state index in [9.17, 15) is 0 Å². The summed E-state index contributed by atoms with van der Waals surface area (Å²) in [6.45, 7) is 6.50. The first-order chi connectivity index (χ1) is 11.7. The lowest BCUT2D eigenvalue weighted by Crippen LogP contribution is -2.01. The van der Waals surface area contributed by atoms with Gasteiger partial charge in [0.05, 0.1) is 23.4 Å². The lowest BCUT2D eigenvalue weighted by Gasteiger charge is -2.10. The zero-order valence-electron chi connectivity index (χ0n) is 13.6. The first kappa shape index (κ1) is 16.7. The summed E-state index contributed by atoms with van der Waals surface area (Å²) >= 11 is 3.29. The Balaban J connectivity index is 1.91. The van der Waals surface area contributed by atoms with Crippen molar-refractivity contribution in [2.75, 3.05) is 7.11 Å². The van der Waals surface area contributed by atoms with Crippen LogP contribution in [0.3, 0.4) is 0 Å². The molecule has 0 saturated heterocycles. The number of aromatic nitrogens is 4. The van der Waals surface area contributed by atoms with E-state index >= 15 is 0 Å². The molecular formula is C17H18N4OS2. The summed E-state index contributed by atoms with van der Waals surface area (Å²) in [6.07, 6.45) is 1.85. The number of para-hydroxylation sites is 1. The summed E-state index contributed by atoms with van der Waals surface area (Å²) in [5.74, 6) is 2.33. The fraction of sp³-hybridized carbons (Fsp3) is 0.235. The van der Waals surface area contributed by atoms with Gasteiger partial charge in [-0.2, -0.15) is 0 Å². The van der Waals surface area contributed by atoms with E-state index in [-0.39, 0.29) is 0 Å². The summed E-state index contributed by atoms with van der Waals surface area (Å²) < 4.78 is 7.50. The van der Waals surface area contributed by atoms with Crippen LogP contribution in [0.4, 0.5) is 0 Å². The van der Waals surface area contributed by atoms with Gasteiger partial charge in [-0.1, -0.05) is 30.0 Å². The second-order valence-corrected chi connectivity index (χ2v) is 7.06. The molecule has 2 aromatic heterocycles. The van der Waals surface area contributed by atoms with Gasteiger partial charge in [-0.25, -0.2) is 4.98 Å². The van der Waals surface area contributed by atoms with E-state index in [2.05, 4.69) is 31.7 Å². The van der Waals surface area contributed by atoms with Crippen LogP contribution in [0.2, 0.25) is 0 Å². The number of thioether (sulfide) groups is 1. The topological polar surface area (TPSA) is 52.8 Å². The van der Waals surface area contributed by atoms with E-state index in [1.54, 1.807) is 30.2 Å². The Morgan fingerprint density at radius 2 is 2.17 bits per heavy atom. The highest BCUT2D eigenvalue weighted by Gasteiger charge is 2.17. The monoisotopic (exact) mass is 358 g/mol. The molecule has 0 aliphatic heterocycles. The van der Waals surface area contributed by atoms with Gasteiger partial charge in [-0.15, -0.1) is 28.1 Å². The maximum absolute atomic E-state index is 5.45. The fourth-order valence-electron chi connectivity index (χ4n) is 2.33. The quantitative estimate of drug-likeness (QED) is 0.468. The number of allylic oxidation sites excluding steroid dienone is 1.